The quantitative estimate of drug-likeness (QED) is 0.695. The number of aliphatic carboxylic acids is 1. The predicted octanol–water partition coefficient (Wildman–Crippen LogP) is 0.0593. The van der Waals surface area contributed by atoms with Gasteiger partial charge in [-0.05, 0) is 18.6 Å². The molecule has 1 unspecified atom stereocenters. The largest absolute Gasteiger partial charge is 0.480 e. The molecule has 0 bridgehead atoms. The number of hydrogen-bond donors (Lipinski definition) is 3. The molecule has 0 aliphatic rings. The van der Waals surface area contributed by atoms with Crippen LogP contribution in [0.1, 0.15) is 19.8 Å². The molecule has 2 aromatic rings. The summed E-state index contributed by atoms with van der Waals surface area (Å²) >= 11 is 0. The molecule has 23 heavy (non-hydrogen) atoms. The number of benzene rings is 1. The van der Waals surface area contributed by atoms with Crippen LogP contribution in [0.2, 0.25) is 0 Å². The second kappa shape index (κ2) is 6.91. The van der Waals surface area contributed by atoms with Crippen molar-refractivity contribution in [2.24, 2.45) is 0 Å². The standard InChI is InChI=1S/C15H17N3O5/c1-2-10(14(21)22)16-12(19)7-8-18-11-6-4-3-5-9(11)13(20)17-15(18)23/h3-6,10H,2,7-8H2,1H3,(H,16,19)(H,21,22)(H,17,20,23). The molecule has 3 N–H and O–H groups in total. The van der Waals surface area contributed by atoms with E-state index in [0.29, 0.717) is 10.9 Å². The molecular formula is C15H17N3O5. The lowest BCUT2D eigenvalue weighted by atomic mass is 10.2. The summed E-state index contributed by atoms with van der Waals surface area (Å²) in [7, 11) is 0. The molecule has 1 amide bonds. The fraction of sp³-hybridized carbons (Fsp3) is 0.333. The molecule has 0 spiro atoms. The Morgan fingerprint density at radius 3 is 2.65 bits per heavy atom. The number of hydrogen-bond acceptors (Lipinski definition) is 4. The first kappa shape index (κ1) is 16.5. The molecule has 122 valence electrons. The molecule has 0 fully saturated rings. The molecule has 8 heteroatoms. The average Bonchev–Trinajstić information content (AvgIpc) is 2.52. The third kappa shape index (κ3) is 3.65. The van der Waals surface area contributed by atoms with Crippen molar-refractivity contribution in [3.63, 3.8) is 0 Å². The van der Waals surface area contributed by atoms with E-state index in [4.69, 9.17) is 5.11 Å². The number of aromatic nitrogens is 2. The van der Waals surface area contributed by atoms with E-state index in [0.717, 1.165) is 0 Å². The SMILES string of the molecule is CCC(NC(=O)CCn1c(=O)[nH]c(=O)c2ccccc21)C(=O)O. The number of carboxylic acids is 1. The highest BCUT2D eigenvalue weighted by molar-refractivity contribution is 5.83. The third-order valence-corrected chi connectivity index (χ3v) is 3.51. The summed E-state index contributed by atoms with van der Waals surface area (Å²) in [5, 5.41) is 11.7. The fourth-order valence-electron chi connectivity index (χ4n) is 2.28. The van der Waals surface area contributed by atoms with Gasteiger partial charge in [-0.2, -0.15) is 0 Å². The van der Waals surface area contributed by atoms with Crippen LogP contribution in [-0.2, 0) is 16.1 Å². The van der Waals surface area contributed by atoms with Gasteiger partial charge in [-0.1, -0.05) is 19.1 Å². The van der Waals surface area contributed by atoms with Crippen LogP contribution in [0.25, 0.3) is 10.9 Å². The number of carbonyl (C=O) groups is 2. The van der Waals surface area contributed by atoms with Crippen molar-refractivity contribution in [3.05, 3.63) is 45.1 Å². The van der Waals surface area contributed by atoms with Gasteiger partial charge in [-0.15, -0.1) is 0 Å². The summed E-state index contributed by atoms with van der Waals surface area (Å²) in [6, 6.07) is 5.62. The Hall–Kier alpha value is -2.90. The van der Waals surface area contributed by atoms with E-state index in [1.54, 1.807) is 31.2 Å². The number of nitrogens with one attached hydrogen (secondary N) is 2. The Bertz CT molecular complexity index is 852. The first-order valence-electron chi connectivity index (χ1n) is 7.18. The van der Waals surface area contributed by atoms with Gasteiger partial charge in [0, 0.05) is 13.0 Å². The van der Waals surface area contributed by atoms with Crippen molar-refractivity contribution in [1.29, 1.82) is 0 Å². The van der Waals surface area contributed by atoms with Crippen molar-refractivity contribution in [1.82, 2.24) is 14.9 Å². The van der Waals surface area contributed by atoms with E-state index in [2.05, 4.69) is 10.3 Å². The maximum absolute atomic E-state index is 11.9. The molecule has 0 saturated heterocycles. The van der Waals surface area contributed by atoms with Crippen molar-refractivity contribution in [2.75, 3.05) is 0 Å². The Morgan fingerprint density at radius 2 is 2.00 bits per heavy atom. The van der Waals surface area contributed by atoms with Crippen LogP contribution in [-0.4, -0.2) is 32.6 Å². The second-order valence-corrected chi connectivity index (χ2v) is 5.04. The summed E-state index contributed by atoms with van der Waals surface area (Å²) in [5.41, 5.74) is -0.658. The van der Waals surface area contributed by atoms with Crippen molar-refractivity contribution in [3.8, 4) is 0 Å². The minimum atomic E-state index is -1.10. The first-order valence-corrected chi connectivity index (χ1v) is 7.18. The molecule has 1 atom stereocenters. The summed E-state index contributed by atoms with van der Waals surface area (Å²) in [6.07, 6.45) is 0.197. The zero-order valence-corrected chi connectivity index (χ0v) is 12.5. The summed E-state index contributed by atoms with van der Waals surface area (Å²) in [4.78, 5) is 48.6. The Labute approximate surface area is 130 Å². The normalized spacial score (nSPS) is 12.0. The molecule has 1 aromatic heterocycles. The third-order valence-electron chi connectivity index (χ3n) is 3.51. The molecular weight excluding hydrogens is 302 g/mol. The highest BCUT2D eigenvalue weighted by Gasteiger charge is 2.17. The van der Waals surface area contributed by atoms with E-state index < -0.39 is 29.2 Å². The lowest BCUT2D eigenvalue weighted by molar-refractivity contribution is -0.141. The molecule has 8 nitrogen and oxygen atoms in total. The summed E-state index contributed by atoms with van der Waals surface area (Å²) in [6.45, 7) is 1.69. The van der Waals surface area contributed by atoms with Gasteiger partial charge in [0.05, 0.1) is 10.9 Å². The molecule has 0 saturated carbocycles. The summed E-state index contributed by atoms with van der Waals surface area (Å²) in [5.74, 6) is -1.58. The van der Waals surface area contributed by atoms with E-state index in [-0.39, 0.29) is 19.4 Å². The van der Waals surface area contributed by atoms with Crippen LogP contribution in [0.5, 0.6) is 0 Å². The predicted molar refractivity (Wildman–Crippen MR) is 83.3 cm³/mol. The fourth-order valence-corrected chi connectivity index (χ4v) is 2.28. The van der Waals surface area contributed by atoms with Crippen LogP contribution >= 0.6 is 0 Å². The summed E-state index contributed by atoms with van der Waals surface area (Å²) < 4.78 is 1.29. The minimum absolute atomic E-state index is 0.0397. The second-order valence-electron chi connectivity index (χ2n) is 5.04. The van der Waals surface area contributed by atoms with E-state index in [9.17, 15) is 19.2 Å². The van der Waals surface area contributed by atoms with Crippen LogP contribution in [0.15, 0.2) is 33.9 Å². The van der Waals surface area contributed by atoms with Crippen LogP contribution < -0.4 is 16.6 Å². The monoisotopic (exact) mass is 319 g/mol. The molecule has 1 heterocycles. The van der Waals surface area contributed by atoms with E-state index in [1.807, 2.05) is 0 Å². The van der Waals surface area contributed by atoms with Gasteiger partial charge in [0.15, 0.2) is 0 Å². The number of rotatable bonds is 6. The number of amides is 1. The van der Waals surface area contributed by atoms with Gasteiger partial charge in [0.1, 0.15) is 6.04 Å². The lowest BCUT2D eigenvalue weighted by Crippen LogP contribution is -2.41. The van der Waals surface area contributed by atoms with Crippen LogP contribution in [0.4, 0.5) is 0 Å². The highest BCUT2D eigenvalue weighted by Crippen LogP contribution is 2.07. The Kier molecular flexibility index (Phi) is 4.95. The number of fused-ring (bicyclic) bond motifs is 1. The smallest absolute Gasteiger partial charge is 0.328 e. The number of carboxylic acid groups (broad SMARTS) is 1. The van der Waals surface area contributed by atoms with Gasteiger partial charge < -0.3 is 10.4 Å². The molecule has 1 aromatic carbocycles. The zero-order valence-electron chi connectivity index (χ0n) is 12.5. The van der Waals surface area contributed by atoms with Crippen molar-refractivity contribution < 1.29 is 14.7 Å². The number of aryl methyl sites for hydroxylation is 1. The van der Waals surface area contributed by atoms with Crippen molar-refractivity contribution >= 4 is 22.8 Å². The maximum atomic E-state index is 11.9. The van der Waals surface area contributed by atoms with Crippen LogP contribution in [0, 0.1) is 0 Å². The maximum Gasteiger partial charge on any atom is 0.328 e. The topological polar surface area (TPSA) is 121 Å². The number of aromatic amines is 1. The molecule has 2 rings (SSSR count). The average molecular weight is 319 g/mol. The van der Waals surface area contributed by atoms with Crippen molar-refractivity contribution in [2.45, 2.75) is 32.4 Å². The molecule has 0 radical (unpaired) electrons. The zero-order chi connectivity index (χ0) is 17.0. The highest BCUT2D eigenvalue weighted by atomic mass is 16.4. The lowest BCUT2D eigenvalue weighted by Gasteiger charge is -2.13. The number of carbonyl (C=O) groups excluding carboxylic acids is 1. The Balaban J connectivity index is 2.20. The van der Waals surface area contributed by atoms with Gasteiger partial charge in [0.2, 0.25) is 5.91 Å². The van der Waals surface area contributed by atoms with E-state index in [1.165, 1.54) is 4.57 Å². The van der Waals surface area contributed by atoms with Gasteiger partial charge in [0.25, 0.3) is 5.56 Å². The number of para-hydroxylation sites is 1. The van der Waals surface area contributed by atoms with Gasteiger partial charge in [-0.25, -0.2) is 9.59 Å². The Morgan fingerprint density at radius 1 is 1.30 bits per heavy atom. The number of H-pyrrole nitrogens is 1. The van der Waals surface area contributed by atoms with E-state index >= 15 is 0 Å². The van der Waals surface area contributed by atoms with Gasteiger partial charge in [-0.3, -0.25) is 19.1 Å². The molecule has 0 aliphatic carbocycles. The van der Waals surface area contributed by atoms with Crippen LogP contribution in [0.3, 0.4) is 0 Å². The van der Waals surface area contributed by atoms with Gasteiger partial charge >= 0.3 is 11.7 Å². The minimum Gasteiger partial charge on any atom is -0.480 e. The first-order chi connectivity index (χ1) is 10.9. The molecule has 0 aliphatic heterocycles. The number of nitrogens with zero attached hydrogens (tertiary/aromatic N) is 1.